The third kappa shape index (κ3) is 4.88. The molecule has 1 fully saturated rings. The largest absolute Gasteiger partial charge is 0.445 e. The molecule has 142 valence electrons. The Hall–Kier alpha value is -2.82. The highest BCUT2D eigenvalue weighted by molar-refractivity contribution is 5.86. The molecule has 2 amide bonds. The first kappa shape index (κ1) is 19.0. The van der Waals surface area contributed by atoms with Crippen molar-refractivity contribution in [1.29, 1.82) is 0 Å². The molecule has 0 radical (unpaired) electrons. The first-order valence-electron chi connectivity index (χ1n) is 9.49. The number of hydrogen-bond acceptors (Lipinski definition) is 3. The molecular formula is C22H26N2O3. The Morgan fingerprint density at radius 3 is 2.30 bits per heavy atom. The maximum Gasteiger partial charge on any atom is 0.410 e. The summed E-state index contributed by atoms with van der Waals surface area (Å²) >= 11 is 0. The van der Waals surface area contributed by atoms with Crippen LogP contribution in [0.15, 0.2) is 60.7 Å². The van der Waals surface area contributed by atoms with Gasteiger partial charge < -0.3 is 9.64 Å². The van der Waals surface area contributed by atoms with E-state index in [0.717, 1.165) is 17.5 Å². The summed E-state index contributed by atoms with van der Waals surface area (Å²) in [6.45, 7) is 3.91. The molecule has 1 aliphatic rings. The highest BCUT2D eigenvalue weighted by Gasteiger charge is 2.37. The molecule has 0 bridgehead atoms. The van der Waals surface area contributed by atoms with E-state index in [2.05, 4.69) is 0 Å². The van der Waals surface area contributed by atoms with Gasteiger partial charge in [-0.3, -0.25) is 9.69 Å². The van der Waals surface area contributed by atoms with Crippen molar-refractivity contribution >= 4 is 12.0 Å². The van der Waals surface area contributed by atoms with E-state index in [1.807, 2.05) is 72.5 Å². The summed E-state index contributed by atoms with van der Waals surface area (Å²) in [4.78, 5) is 29.0. The van der Waals surface area contributed by atoms with Gasteiger partial charge in [-0.1, -0.05) is 60.7 Å². The molecule has 5 nitrogen and oxygen atoms in total. The van der Waals surface area contributed by atoms with Gasteiger partial charge in [-0.2, -0.15) is 0 Å². The van der Waals surface area contributed by atoms with Crippen LogP contribution < -0.4 is 0 Å². The number of likely N-dealkylation sites (tertiary alicyclic amines) is 1. The van der Waals surface area contributed by atoms with Crippen LogP contribution in [0.3, 0.4) is 0 Å². The van der Waals surface area contributed by atoms with Gasteiger partial charge in [0.25, 0.3) is 0 Å². The summed E-state index contributed by atoms with van der Waals surface area (Å²) in [5.74, 6) is -0.00415. The Morgan fingerprint density at radius 2 is 1.67 bits per heavy atom. The van der Waals surface area contributed by atoms with E-state index in [4.69, 9.17) is 4.74 Å². The molecule has 27 heavy (non-hydrogen) atoms. The van der Waals surface area contributed by atoms with Gasteiger partial charge in [0, 0.05) is 19.6 Å². The lowest BCUT2D eigenvalue weighted by Gasteiger charge is -2.29. The summed E-state index contributed by atoms with van der Waals surface area (Å²) in [5.41, 5.74) is 2.02. The lowest BCUT2D eigenvalue weighted by Crippen LogP contribution is -2.47. The molecule has 1 atom stereocenters. The topological polar surface area (TPSA) is 49.9 Å². The Kier molecular flexibility index (Phi) is 6.47. The molecule has 0 aliphatic carbocycles. The molecule has 5 heteroatoms. The minimum Gasteiger partial charge on any atom is -0.445 e. The molecule has 2 aromatic carbocycles. The van der Waals surface area contributed by atoms with Crippen molar-refractivity contribution in [1.82, 2.24) is 9.80 Å². The van der Waals surface area contributed by atoms with Gasteiger partial charge in [-0.05, 0) is 30.9 Å². The minimum atomic E-state index is -0.433. The van der Waals surface area contributed by atoms with Crippen molar-refractivity contribution in [3.8, 4) is 0 Å². The molecular weight excluding hydrogens is 340 g/mol. The fraction of sp³-hybridized carbons (Fsp3) is 0.364. The number of hydrogen-bond donors (Lipinski definition) is 0. The summed E-state index contributed by atoms with van der Waals surface area (Å²) in [6, 6.07) is 19.1. The summed E-state index contributed by atoms with van der Waals surface area (Å²) in [7, 11) is 0. The first-order valence-corrected chi connectivity index (χ1v) is 9.49. The molecule has 3 rings (SSSR count). The standard InChI is InChI=1S/C22H26N2O3/c1-2-23(16-18-10-5-3-6-11-18)21(25)20-14-9-15-24(20)22(26)27-17-19-12-7-4-8-13-19/h3-8,10-13,20H,2,9,14-17H2,1H3. The van der Waals surface area contributed by atoms with Crippen LogP contribution in [0, 0.1) is 0 Å². The fourth-order valence-corrected chi connectivity index (χ4v) is 3.40. The van der Waals surface area contributed by atoms with Crippen LogP contribution in [-0.4, -0.2) is 40.9 Å². The van der Waals surface area contributed by atoms with Gasteiger partial charge in [-0.25, -0.2) is 4.79 Å². The maximum absolute atomic E-state index is 13.0. The van der Waals surface area contributed by atoms with Crippen molar-refractivity contribution in [2.45, 2.75) is 39.0 Å². The number of rotatable bonds is 6. The molecule has 0 aromatic heterocycles. The molecule has 1 unspecified atom stereocenters. The zero-order valence-electron chi connectivity index (χ0n) is 15.7. The van der Waals surface area contributed by atoms with Crippen LogP contribution in [0.5, 0.6) is 0 Å². The third-order valence-corrected chi connectivity index (χ3v) is 4.89. The van der Waals surface area contributed by atoms with Gasteiger partial charge >= 0.3 is 6.09 Å². The Balaban J connectivity index is 1.61. The molecule has 0 N–H and O–H groups in total. The van der Waals surface area contributed by atoms with Crippen LogP contribution in [0.25, 0.3) is 0 Å². The zero-order chi connectivity index (χ0) is 19.1. The van der Waals surface area contributed by atoms with Crippen LogP contribution >= 0.6 is 0 Å². The van der Waals surface area contributed by atoms with Crippen LogP contribution in [-0.2, 0) is 22.7 Å². The SMILES string of the molecule is CCN(Cc1ccccc1)C(=O)C1CCCN1C(=O)OCc1ccccc1. The average Bonchev–Trinajstić information content (AvgIpc) is 3.21. The quantitative estimate of drug-likeness (QED) is 0.781. The molecule has 1 heterocycles. The predicted octanol–water partition coefficient (Wildman–Crippen LogP) is 3.84. The lowest BCUT2D eigenvalue weighted by molar-refractivity contribution is -0.136. The van der Waals surface area contributed by atoms with Gasteiger partial charge in [0.05, 0.1) is 0 Å². The predicted molar refractivity (Wildman–Crippen MR) is 104 cm³/mol. The normalized spacial score (nSPS) is 16.2. The average molecular weight is 366 g/mol. The lowest BCUT2D eigenvalue weighted by atomic mass is 10.1. The van der Waals surface area contributed by atoms with Crippen molar-refractivity contribution in [2.24, 2.45) is 0 Å². The Morgan fingerprint density at radius 1 is 1.04 bits per heavy atom. The van der Waals surface area contributed by atoms with Crippen LogP contribution in [0.2, 0.25) is 0 Å². The van der Waals surface area contributed by atoms with Crippen molar-refractivity contribution < 1.29 is 14.3 Å². The number of likely N-dealkylation sites (N-methyl/N-ethyl adjacent to an activating group) is 1. The second-order valence-corrected chi connectivity index (χ2v) is 6.73. The highest BCUT2D eigenvalue weighted by atomic mass is 16.6. The van der Waals surface area contributed by atoms with Gasteiger partial charge in [-0.15, -0.1) is 0 Å². The van der Waals surface area contributed by atoms with Crippen LogP contribution in [0.1, 0.15) is 30.9 Å². The van der Waals surface area contributed by atoms with E-state index in [9.17, 15) is 9.59 Å². The number of carbonyl (C=O) groups excluding carboxylic acids is 2. The number of ether oxygens (including phenoxy) is 1. The van der Waals surface area contributed by atoms with Crippen molar-refractivity contribution in [3.63, 3.8) is 0 Å². The molecule has 2 aromatic rings. The van der Waals surface area contributed by atoms with E-state index in [1.54, 1.807) is 4.90 Å². The summed E-state index contributed by atoms with van der Waals surface area (Å²) in [5, 5.41) is 0. The first-order chi connectivity index (χ1) is 13.2. The zero-order valence-corrected chi connectivity index (χ0v) is 15.7. The van der Waals surface area contributed by atoms with Crippen LogP contribution in [0.4, 0.5) is 4.79 Å². The molecule has 1 aliphatic heterocycles. The monoisotopic (exact) mass is 366 g/mol. The van der Waals surface area contributed by atoms with Gasteiger partial charge in [0.1, 0.15) is 12.6 Å². The van der Waals surface area contributed by atoms with Crippen molar-refractivity contribution in [3.05, 3.63) is 71.8 Å². The maximum atomic E-state index is 13.0. The second-order valence-electron chi connectivity index (χ2n) is 6.73. The highest BCUT2D eigenvalue weighted by Crippen LogP contribution is 2.22. The third-order valence-electron chi connectivity index (χ3n) is 4.89. The van der Waals surface area contributed by atoms with E-state index in [1.165, 1.54) is 0 Å². The Bertz CT molecular complexity index is 749. The smallest absolute Gasteiger partial charge is 0.410 e. The second kappa shape index (κ2) is 9.21. The summed E-state index contributed by atoms with van der Waals surface area (Å²) in [6.07, 6.45) is 1.09. The Labute approximate surface area is 160 Å². The van der Waals surface area contributed by atoms with E-state index >= 15 is 0 Å². The molecule has 0 spiro atoms. The number of amides is 2. The minimum absolute atomic E-state index is 0.00415. The number of benzene rings is 2. The van der Waals surface area contributed by atoms with Gasteiger partial charge in [0.15, 0.2) is 0 Å². The molecule has 1 saturated heterocycles. The van der Waals surface area contributed by atoms with Crippen molar-refractivity contribution in [2.75, 3.05) is 13.1 Å². The van der Waals surface area contributed by atoms with E-state index < -0.39 is 12.1 Å². The summed E-state index contributed by atoms with van der Waals surface area (Å²) < 4.78 is 5.44. The van der Waals surface area contributed by atoms with Gasteiger partial charge in [0.2, 0.25) is 5.91 Å². The number of carbonyl (C=O) groups is 2. The molecule has 0 saturated carbocycles. The van der Waals surface area contributed by atoms with E-state index in [0.29, 0.717) is 26.1 Å². The number of nitrogens with zero attached hydrogens (tertiary/aromatic N) is 2. The fourth-order valence-electron chi connectivity index (χ4n) is 3.40. The van der Waals surface area contributed by atoms with E-state index in [-0.39, 0.29) is 12.5 Å².